The summed E-state index contributed by atoms with van der Waals surface area (Å²) in [6.07, 6.45) is 1.09. The Morgan fingerprint density at radius 3 is 2.87 bits per heavy atom. The van der Waals surface area contributed by atoms with Crippen LogP contribution in [0.5, 0.6) is 0 Å². The van der Waals surface area contributed by atoms with E-state index in [1.54, 1.807) is 0 Å². The van der Waals surface area contributed by atoms with Crippen LogP contribution in [0.4, 0.5) is 15.5 Å². The van der Waals surface area contributed by atoms with Crippen molar-refractivity contribution in [3.05, 3.63) is 47.0 Å². The minimum Gasteiger partial charge on any atom is -0.314 e. The van der Waals surface area contributed by atoms with Crippen LogP contribution >= 0.6 is 22.9 Å². The summed E-state index contributed by atoms with van der Waals surface area (Å²) >= 11 is 7.56. The van der Waals surface area contributed by atoms with E-state index in [4.69, 9.17) is 11.6 Å². The minimum absolute atomic E-state index is 0.0576. The number of thiazole rings is 1. The summed E-state index contributed by atoms with van der Waals surface area (Å²) in [6, 6.07) is 11.1. The predicted octanol–water partition coefficient (Wildman–Crippen LogP) is 5.10. The minimum atomic E-state index is -0.397. The van der Waals surface area contributed by atoms with E-state index >= 15 is 0 Å². The monoisotopic (exact) mass is 445 g/mol. The van der Waals surface area contributed by atoms with Crippen molar-refractivity contribution in [2.75, 3.05) is 25.1 Å². The molecule has 4 rings (SSSR count). The third-order valence-electron chi connectivity index (χ3n) is 4.80. The van der Waals surface area contributed by atoms with Crippen molar-refractivity contribution in [3.8, 4) is 0 Å². The summed E-state index contributed by atoms with van der Waals surface area (Å²) in [5.41, 5.74) is 3.17. The van der Waals surface area contributed by atoms with E-state index in [-0.39, 0.29) is 5.78 Å². The van der Waals surface area contributed by atoms with E-state index in [2.05, 4.69) is 20.6 Å². The lowest BCUT2D eigenvalue weighted by atomic mass is 10.1. The fraction of sp³-hybridized carbons (Fsp3) is 0.286. The molecule has 0 unspecified atom stereocenters. The number of anilines is 2. The first-order chi connectivity index (χ1) is 14.5. The van der Waals surface area contributed by atoms with Crippen molar-refractivity contribution in [3.63, 3.8) is 0 Å². The molecule has 2 N–H and O–H groups in total. The summed E-state index contributed by atoms with van der Waals surface area (Å²) in [4.78, 5) is 21.7. The Morgan fingerprint density at radius 1 is 1.17 bits per heavy atom. The maximum absolute atomic E-state index is 12.5. The first-order valence-corrected chi connectivity index (χ1v) is 10.8. The van der Waals surface area contributed by atoms with E-state index in [0.29, 0.717) is 42.5 Å². The molecule has 0 atom stereocenters. The van der Waals surface area contributed by atoms with Crippen LogP contribution in [-0.2, 0) is 7.05 Å². The number of aryl methyl sites for hydroxylation is 1. The molecule has 4 aromatic rings. The van der Waals surface area contributed by atoms with Crippen LogP contribution in [-0.4, -0.2) is 40.1 Å². The number of Topliss-reactive ketones (excluding diaryl/α,β-unsaturated/α-hetero) is 1. The normalized spacial score (nSPS) is 11.4. The lowest BCUT2D eigenvalue weighted by molar-refractivity contribution is 0.0980. The van der Waals surface area contributed by atoms with Crippen LogP contribution in [0.25, 0.3) is 21.3 Å². The molecule has 2 aromatic carbocycles. The van der Waals surface area contributed by atoms with Gasteiger partial charge in [0.25, 0.3) is 0 Å². The van der Waals surface area contributed by atoms with Crippen molar-refractivity contribution in [1.29, 1.82) is 0 Å². The molecule has 0 aliphatic rings. The molecule has 0 fully saturated rings. The van der Waals surface area contributed by atoms with Gasteiger partial charge in [0, 0.05) is 30.6 Å². The SMILES string of the molecule is Cn1c(Nc2nc3ccc(Cl)cc3s2)nc2cc(C(=O)CCCNCCF)ccc21. The summed E-state index contributed by atoms with van der Waals surface area (Å²) < 4.78 is 15.0. The number of ketones is 1. The van der Waals surface area contributed by atoms with Crippen LogP contribution in [0.2, 0.25) is 5.02 Å². The first-order valence-electron chi connectivity index (χ1n) is 9.64. The standard InChI is InChI=1S/C21H21ClFN5OS/c1-28-17-7-4-13(18(29)3-2-9-24-10-8-23)11-16(17)25-20(28)27-21-26-15-6-5-14(22)12-19(15)30-21/h4-7,11-12,24H,2-3,8-10H2,1H3,(H,25,26,27). The highest BCUT2D eigenvalue weighted by atomic mass is 35.5. The van der Waals surface area contributed by atoms with Crippen LogP contribution in [0.3, 0.4) is 0 Å². The summed E-state index contributed by atoms with van der Waals surface area (Å²) in [5.74, 6) is 0.706. The zero-order chi connectivity index (χ0) is 21.1. The van der Waals surface area contributed by atoms with Gasteiger partial charge in [-0.15, -0.1) is 0 Å². The Bertz CT molecular complexity index is 1210. The van der Waals surface area contributed by atoms with Crippen LogP contribution in [0, 0.1) is 0 Å². The van der Waals surface area contributed by atoms with Crippen molar-refractivity contribution in [2.24, 2.45) is 7.05 Å². The molecule has 0 aliphatic heterocycles. The fourth-order valence-corrected chi connectivity index (χ4v) is 4.38. The molecule has 0 bridgehead atoms. The van der Waals surface area contributed by atoms with Gasteiger partial charge < -0.3 is 15.2 Å². The zero-order valence-corrected chi connectivity index (χ0v) is 18.0. The van der Waals surface area contributed by atoms with E-state index in [9.17, 15) is 9.18 Å². The number of nitrogens with one attached hydrogen (secondary N) is 2. The number of hydrogen-bond donors (Lipinski definition) is 2. The number of rotatable bonds is 9. The van der Waals surface area contributed by atoms with Crippen LogP contribution < -0.4 is 10.6 Å². The van der Waals surface area contributed by atoms with Gasteiger partial charge in [0.1, 0.15) is 6.67 Å². The number of benzene rings is 2. The number of carbonyl (C=O) groups excluding carboxylic acids is 1. The smallest absolute Gasteiger partial charge is 0.209 e. The average Bonchev–Trinajstić information content (AvgIpc) is 3.27. The Hall–Kier alpha value is -2.55. The molecule has 156 valence electrons. The van der Waals surface area contributed by atoms with Crippen molar-refractivity contribution in [1.82, 2.24) is 19.9 Å². The lowest BCUT2D eigenvalue weighted by Crippen LogP contribution is -2.18. The van der Waals surface area contributed by atoms with E-state index in [0.717, 1.165) is 26.4 Å². The molecule has 30 heavy (non-hydrogen) atoms. The number of alkyl halides is 1. The van der Waals surface area contributed by atoms with Gasteiger partial charge in [-0.25, -0.2) is 14.4 Å². The molecule has 0 radical (unpaired) electrons. The maximum atomic E-state index is 12.5. The summed E-state index contributed by atoms with van der Waals surface area (Å²) in [7, 11) is 1.92. The number of halogens is 2. The second-order valence-electron chi connectivity index (χ2n) is 6.92. The van der Waals surface area contributed by atoms with Crippen molar-refractivity contribution >= 4 is 61.1 Å². The average molecular weight is 446 g/mol. The fourth-order valence-electron chi connectivity index (χ4n) is 3.24. The Morgan fingerprint density at radius 2 is 2.03 bits per heavy atom. The number of hydrogen-bond acceptors (Lipinski definition) is 6. The topological polar surface area (TPSA) is 71.8 Å². The van der Waals surface area contributed by atoms with Crippen molar-refractivity contribution in [2.45, 2.75) is 12.8 Å². The largest absolute Gasteiger partial charge is 0.314 e. The number of carbonyl (C=O) groups is 1. The molecule has 0 spiro atoms. The van der Waals surface area contributed by atoms with E-state index < -0.39 is 6.67 Å². The molecule has 2 heterocycles. The number of fused-ring (bicyclic) bond motifs is 2. The zero-order valence-electron chi connectivity index (χ0n) is 16.4. The van der Waals surface area contributed by atoms with Gasteiger partial charge in [-0.2, -0.15) is 0 Å². The first kappa shape index (κ1) is 20.7. The van der Waals surface area contributed by atoms with Gasteiger partial charge in [-0.1, -0.05) is 22.9 Å². The molecule has 9 heteroatoms. The van der Waals surface area contributed by atoms with Gasteiger partial charge in [0.05, 0.1) is 21.3 Å². The van der Waals surface area contributed by atoms with Crippen LogP contribution in [0.15, 0.2) is 36.4 Å². The molecule has 0 saturated carbocycles. The molecule has 2 aromatic heterocycles. The lowest BCUT2D eigenvalue weighted by Gasteiger charge is -2.03. The summed E-state index contributed by atoms with van der Waals surface area (Å²) in [6.45, 7) is 0.555. The van der Waals surface area contributed by atoms with Gasteiger partial charge in [-0.3, -0.25) is 4.79 Å². The third-order valence-corrected chi connectivity index (χ3v) is 5.97. The molecule has 0 aliphatic carbocycles. The number of nitrogens with zero attached hydrogens (tertiary/aromatic N) is 3. The van der Waals surface area contributed by atoms with Gasteiger partial charge in [0.2, 0.25) is 5.95 Å². The highest BCUT2D eigenvalue weighted by Crippen LogP contribution is 2.31. The van der Waals surface area contributed by atoms with Crippen LogP contribution in [0.1, 0.15) is 23.2 Å². The van der Waals surface area contributed by atoms with Crippen molar-refractivity contribution < 1.29 is 9.18 Å². The number of imidazole rings is 1. The maximum Gasteiger partial charge on any atom is 0.209 e. The Balaban J connectivity index is 1.50. The quantitative estimate of drug-likeness (QED) is 0.277. The molecule has 0 saturated heterocycles. The van der Waals surface area contributed by atoms with E-state index in [1.165, 1.54) is 11.3 Å². The summed E-state index contributed by atoms with van der Waals surface area (Å²) in [5, 5.41) is 7.62. The Kier molecular flexibility index (Phi) is 6.26. The third kappa shape index (κ3) is 4.45. The highest BCUT2D eigenvalue weighted by molar-refractivity contribution is 7.22. The van der Waals surface area contributed by atoms with Gasteiger partial charge in [-0.05, 0) is 49.4 Å². The van der Waals surface area contributed by atoms with Gasteiger partial charge in [0.15, 0.2) is 10.9 Å². The van der Waals surface area contributed by atoms with Gasteiger partial charge >= 0.3 is 0 Å². The predicted molar refractivity (Wildman–Crippen MR) is 121 cm³/mol. The molecular weight excluding hydrogens is 425 g/mol. The Labute approximate surface area is 182 Å². The highest BCUT2D eigenvalue weighted by Gasteiger charge is 2.13. The second kappa shape index (κ2) is 9.07. The molecule has 0 amide bonds. The molecular formula is C21H21ClFN5OS. The molecule has 6 nitrogen and oxygen atoms in total. The van der Waals surface area contributed by atoms with E-state index in [1.807, 2.05) is 48.0 Å². The number of aromatic nitrogens is 3. The second-order valence-corrected chi connectivity index (χ2v) is 8.39.